The lowest BCUT2D eigenvalue weighted by atomic mass is 10.0. The molecule has 0 bridgehead atoms. The molecule has 1 heterocycles. The average molecular weight is 200 g/mol. The van der Waals surface area contributed by atoms with Crippen LogP contribution in [0.2, 0.25) is 5.02 Å². The van der Waals surface area contributed by atoms with Gasteiger partial charge in [-0.1, -0.05) is 29.8 Å². The topological polar surface area (TPSA) is 12.0 Å². The maximum Gasteiger partial charge on any atom is 0.121 e. The Morgan fingerprint density at radius 2 is 2.15 bits per heavy atom. The minimum absolute atomic E-state index is 0.214. The zero-order chi connectivity index (χ0) is 9.26. The van der Waals surface area contributed by atoms with Gasteiger partial charge in [0.2, 0.25) is 0 Å². The van der Waals surface area contributed by atoms with E-state index in [-0.39, 0.29) is 6.04 Å². The minimum Gasteiger partial charge on any atom is -0.307 e. The number of benzene rings is 1. The number of rotatable bonds is 1. The van der Waals surface area contributed by atoms with Crippen molar-refractivity contribution in [1.29, 1.82) is 0 Å². The van der Waals surface area contributed by atoms with Crippen LogP contribution >= 0.6 is 11.6 Å². The molecule has 2 unspecified atom stereocenters. The molecule has 3 heteroatoms. The fourth-order valence-corrected chi connectivity index (χ4v) is 1.96. The molecule has 1 saturated heterocycles. The van der Waals surface area contributed by atoms with Crippen LogP contribution < -0.4 is 5.32 Å². The van der Waals surface area contributed by atoms with E-state index in [0.717, 1.165) is 12.1 Å². The summed E-state index contributed by atoms with van der Waals surface area (Å²) in [7, 11) is 0. The Hall–Kier alpha value is -0.600. The van der Waals surface area contributed by atoms with Gasteiger partial charge >= 0.3 is 0 Å². The monoisotopic (exact) mass is 199 g/mol. The zero-order valence-corrected chi connectivity index (χ0v) is 7.89. The molecule has 0 spiro atoms. The lowest BCUT2D eigenvalue weighted by Gasteiger charge is -2.14. The fraction of sp³-hybridized carbons (Fsp3) is 0.400. The molecule has 2 rings (SSSR count). The molecule has 1 aliphatic rings. The summed E-state index contributed by atoms with van der Waals surface area (Å²) in [5.74, 6) is 0. The number of halogens is 2. The predicted octanol–water partition coefficient (Wildman–Crippen LogP) is 2.71. The van der Waals surface area contributed by atoms with Crippen molar-refractivity contribution >= 4 is 11.6 Å². The van der Waals surface area contributed by atoms with E-state index in [0.29, 0.717) is 11.4 Å². The molecule has 0 aromatic heterocycles. The van der Waals surface area contributed by atoms with Gasteiger partial charge in [-0.3, -0.25) is 0 Å². The third-order valence-corrected chi connectivity index (χ3v) is 2.73. The molecule has 0 saturated carbocycles. The van der Waals surface area contributed by atoms with E-state index >= 15 is 0 Å². The summed E-state index contributed by atoms with van der Waals surface area (Å²) in [4.78, 5) is 0. The largest absolute Gasteiger partial charge is 0.307 e. The average Bonchev–Trinajstić information content (AvgIpc) is 2.52. The van der Waals surface area contributed by atoms with Crippen molar-refractivity contribution in [1.82, 2.24) is 5.32 Å². The molecule has 1 nitrogen and oxygen atoms in total. The summed E-state index contributed by atoms with van der Waals surface area (Å²) in [6.45, 7) is 0.733. The number of alkyl halides is 1. The van der Waals surface area contributed by atoms with Crippen molar-refractivity contribution in [2.24, 2.45) is 0 Å². The molecule has 1 aromatic carbocycles. The smallest absolute Gasteiger partial charge is 0.121 e. The molecule has 0 radical (unpaired) electrons. The lowest BCUT2D eigenvalue weighted by molar-refractivity contribution is 0.304. The van der Waals surface area contributed by atoms with Gasteiger partial charge < -0.3 is 5.32 Å². The molecule has 2 atom stereocenters. The molecule has 13 heavy (non-hydrogen) atoms. The Labute approximate surface area is 81.9 Å². The quantitative estimate of drug-likeness (QED) is 0.734. The van der Waals surface area contributed by atoms with Crippen LogP contribution in [0.3, 0.4) is 0 Å². The van der Waals surface area contributed by atoms with E-state index in [4.69, 9.17) is 11.6 Å². The van der Waals surface area contributed by atoms with Crippen molar-refractivity contribution in [3.63, 3.8) is 0 Å². The van der Waals surface area contributed by atoms with Gasteiger partial charge in [-0.15, -0.1) is 0 Å². The fourth-order valence-electron chi connectivity index (χ4n) is 1.70. The van der Waals surface area contributed by atoms with Crippen LogP contribution in [0.5, 0.6) is 0 Å². The van der Waals surface area contributed by atoms with E-state index in [9.17, 15) is 4.39 Å². The first-order chi connectivity index (χ1) is 6.29. The minimum atomic E-state index is -0.806. The van der Waals surface area contributed by atoms with Gasteiger partial charge in [-0.05, 0) is 24.6 Å². The first kappa shape index (κ1) is 8.97. The highest BCUT2D eigenvalue weighted by Crippen LogP contribution is 2.30. The van der Waals surface area contributed by atoms with Crippen molar-refractivity contribution in [3.05, 3.63) is 34.9 Å². The van der Waals surface area contributed by atoms with E-state index < -0.39 is 6.17 Å². The highest BCUT2D eigenvalue weighted by molar-refractivity contribution is 6.31. The standard InChI is InChI=1S/C10H11ClFN/c11-8-4-2-1-3-7(8)10-9(12)5-6-13-10/h1-4,9-10,13H,5-6H2. The van der Waals surface area contributed by atoms with E-state index in [1.54, 1.807) is 6.07 Å². The molecular formula is C10H11ClFN. The Kier molecular flexibility index (Phi) is 2.51. The second kappa shape index (κ2) is 3.64. The lowest BCUT2D eigenvalue weighted by Crippen LogP contribution is -2.18. The summed E-state index contributed by atoms with van der Waals surface area (Å²) in [6, 6.07) is 7.19. The molecule has 0 aliphatic carbocycles. The maximum atomic E-state index is 13.3. The van der Waals surface area contributed by atoms with Crippen molar-refractivity contribution in [3.8, 4) is 0 Å². The van der Waals surface area contributed by atoms with Gasteiger partial charge in [-0.2, -0.15) is 0 Å². The van der Waals surface area contributed by atoms with Gasteiger partial charge in [0.15, 0.2) is 0 Å². The molecule has 0 amide bonds. The van der Waals surface area contributed by atoms with Crippen LogP contribution in [-0.2, 0) is 0 Å². The Balaban J connectivity index is 2.29. The Morgan fingerprint density at radius 3 is 2.77 bits per heavy atom. The van der Waals surface area contributed by atoms with Crippen LogP contribution in [0.25, 0.3) is 0 Å². The van der Waals surface area contributed by atoms with Gasteiger partial charge in [0.1, 0.15) is 6.17 Å². The first-order valence-electron chi connectivity index (χ1n) is 4.41. The van der Waals surface area contributed by atoms with Crippen molar-refractivity contribution < 1.29 is 4.39 Å². The summed E-state index contributed by atoms with van der Waals surface area (Å²) in [5.41, 5.74) is 0.870. The number of hydrogen-bond donors (Lipinski definition) is 1. The normalized spacial score (nSPS) is 27.8. The summed E-state index contributed by atoms with van der Waals surface area (Å²) in [5, 5.41) is 3.75. The van der Waals surface area contributed by atoms with Gasteiger partial charge in [0, 0.05) is 5.02 Å². The summed E-state index contributed by atoms with van der Waals surface area (Å²) < 4.78 is 13.3. The molecule has 1 N–H and O–H groups in total. The third-order valence-electron chi connectivity index (χ3n) is 2.39. The molecule has 70 valence electrons. The zero-order valence-electron chi connectivity index (χ0n) is 7.13. The second-order valence-corrected chi connectivity index (χ2v) is 3.67. The molecule has 1 aliphatic heterocycles. The van der Waals surface area contributed by atoms with Crippen LogP contribution in [0.4, 0.5) is 4.39 Å². The number of nitrogens with one attached hydrogen (secondary N) is 1. The van der Waals surface area contributed by atoms with Gasteiger partial charge in [-0.25, -0.2) is 4.39 Å². The van der Waals surface area contributed by atoms with Crippen LogP contribution in [0.15, 0.2) is 24.3 Å². The van der Waals surface area contributed by atoms with Gasteiger partial charge in [0.25, 0.3) is 0 Å². The highest BCUT2D eigenvalue weighted by Gasteiger charge is 2.28. The predicted molar refractivity (Wildman–Crippen MR) is 51.7 cm³/mol. The van der Waals surface area contributed by atoms with Crippen LogP contribution in [0, 0.1) is 0 Å². The number of hydrogen-bond acceptors (Lipinski definition) is 1. The molecule has 1 fully saturated rings. The van der Waals surface area contributed by atoms with E-state index in [2.05, 4.69) is 5.32 Å². The summed E-state index contributed by atoms with van der Waals surface area (Å²) >= 11 is 5.96. The summed E-state index contributed by atoms with van der Waals surface area (Å²) in [6.07, 6.45) is -0.226. The van der Waals surface area contributed by atoms with Crippen molar-refractivity contribution in [2.75, 3.05) is 6.54 Å². The highest BCUT2D eigenvalue weighted by atomic mass is 35.5. The van der Waals surface area contributed by atoms with E-state index in [1.165, 1.54) is 0 Å². The van der Waals surface area contributed by atoms with Gasteiger partial charge in [0.05, 0.1) is 6.04 Å². The van der Waals surface area contributed by atoms with Crippen molar-refractivity contribution in [2.45, 2.75) is 18.6 Å². The third kappa shape index (κ3) is 1.69. The first-order valence-corrected chi connectivity index (χ1v) is 4.79. The Morgan fingerprint density at radius 1 is 1.38 bits per heavy atom. The SMILES string of the molecule is FC1CCNC1c1ccccc1Cl. The second-order valence-electron chi connectivity index (χ2n) is 3.26. The van der Waals surface area contributed by atoms with E-state index in [1.807, 2.05) is 18.2 Å². The van der Waals surface area contributed by atoms with Crippen LogP contribution in [-0.4, -0.2) is 12.7 Å². The molecular weight excluding hydrogens is 189 g/mol. The molecule has 1 aromatic rings. The van der Waals surface area contributed by atoms with Crippen LogP contribution in [0.1, 0.15) is 18.0 Å². The Bertz CT molecular complexity index is 303. The maximum absolute atomic E-state index is 13.3.